The highest BCUT2D eigenvalue weighted by Gasteiger charge is 2.13. The summed E-state index contributed by atoms with van der Waals surface area (Å²) in [6, 6.07) is 12.2. The van der Waals surface area contributed by atoms with Gasteiger partial charge in [0, 0.05) is 28.4 Å². The Kier molecular flexibility index (Phi) is 3.30. The third kappa shape index (κ3) is 2.36. The molecular formula is C19H19N3O. The van der Waals surface area contributed by atoms with Crippen molar-refractivity contribution < 1.29 is 4.42 Å². The highest BCUT2D eigenvalue weighted by molar-refractivity contribution is 5.93. The van der Waals surface area contributed by atoms with Crippen molar-refractivity contribution in [2.75, 3.05) is 0 Å². The fraction of sp³-hybridized carbons (Fsp3) is 0.211. The SMILES string of the molecule is CCCc1[nH]c(-c2ccc(-c3cccc4[nH]ccc34)o2)nc1C. The molecule has 0 saturated heterocycles. The molecule has 0 spiro atoms. The Bertz CT molecular complexity index is 958. The quantitative estimate of drug-likeness (QED) is 0.552. The van der Waals surface area contributed by atoms with Crippen molar-refractivity contribution in [3.05, 3.63) is 54.0 Å². The van der Waals surface area contributed by atoms with Gasteiger partial charge in [-0.2, -0.15) is 0 Å². The number of hydrogen-bond donors (Lipinski definition) is 2. The number of fused-ring (bicyclic) bond motifs is 1. The van der Waals surface area contributed by atoms with Gasteiger partial charge in [0.15, 0.2) is 11.6 Å². The first-order chi connectivity index (χ1) is 11.3. The Morgan fingerprint density at radius 2 is 1.96 bits per heavy atom. The summed E-state index contributed by atoms with van der Waals surface area (Å²) in [5, 5.41) is 1.16. The van der Waals surface area contributed by atoms with E-state index in [0.717, 1.165) is 52.3 Å². The molecule has 116 valence electrons. The first kappa shape index (κ1) is 13.9. The number of rotatable bonds is 4. The molecule has 0 aliphatic heterocycles. The van der Waals surface area contributed by atoms with Crippen LogP contribution in [0.2, 0.25) is 0 Å². The van der Waals surface area contributed by atoms with Crippen LogP contribution in [0.1, 0.15) is 24.7 Å². The topological polar surface area (TPSA) is 57.6 Å². The van der Waals surface area contributed by atoms with Crippen molar-refractivity contribution in [3.8, 4) is 22.9 Å². The van der Waals surface area contributed by atoms with Gasteiger partial charge in [-0.1, -0.05) is 25.5 Å². The molecule has 4 heteroatoms. The van der Waals surface area contributed by atoms with Crippen LogP contribution in [-0.4, -0.2) is 15.0 Å². The average molecular weight is 305 g/mol. The predicted molar refractivity (Wildman–Crippen MR) is 92.3 cm³/mol. The Morgan fingerprint density at radius 3 is 2.83 bits per heavy atom. The van der Waals surface area contributed by atoms with E-state index in [1.165, 1.54) is 5.69 Å². The molecule has 23 heavy (non-hydrogen) atoms. The van der Waals surface area contributed by atoms with Gasteiger partial charge in [0.05, 0.1) is 5.69 Å². The molecule has 0 unspecified atom stereocenters. The summed E-state index contributed by atoms with van der Waals surface area (Å²) in [6.07, 6.45) is 4.06. The summed E-state index contributed by atoms with van der Waals surface area (Å²) in [6.45, 7) is 4.21. The van der Waals surface area contributed by atoms with E-state index >= 15 is 0 Å². The number of benzene rings is 1. The smallest absolute Gasteiger partial charge is 0.174 e. The molecule has 0 aliphatic carbocycles. The number of hydrogen-bond acceptors (Lipinski definition) is 2. The molecule has 0 radical (unpaired) electrons. The zero-order valence-electron chi connectivity index (χ0n) is 13.3. The van der Waals surface area contributed by atoms with Gasteiger partial charge in [-0.3, -0.25) is 0 Å². The number of aromatic nitrogens is 3. The van der Waals surface area contributed by atoms with Gasteiger partial charge in [0.2, 0.25) is 0 Å². The minimum atomic E-state index is 0.776. The normalized spacial score (nSPS) is 11.4. The Morgan fingerprint density at radius 1 is 1.09 bits per heavy atom. The number of aryl methyl sites for hydroxylation is 2. The van der Waals surface area contributed by atoms with E-state index in [2.05, 4.69) is 40.1 Å². The highest BCUT2D eigenvalue weighted by atomic mass is 16.3. The van der Waals surface area contributed by atoms with Crippen LogP contribution in [-0.2, 0) is 6.42 Å². The van der Waals surface area contributed by atoms with Gasteiger partial charge in [-0.25, -0.2) is 4.98 Å². The molecular weight excluding hydrogens is 286 g/mol. The molecule has 0 aliphatic rings. The molecule has 4 rings (SSSR count). The number of furan rings is 1. The van der Waals surface area contributed by atoms with Crippen molar-refractivity contribution in [1.82, 2.24) is 15.0 Å². The van der Waals surface area contributed by atoms with Crippen molar-refractivity contribution in [2.24, 2.45) is 0 Å². The van der Waals surface area contributed by atoms with Crippen molar-refractivity contribution in [3.63, 3.8) is 0 Å². The number of aromatic amines is 2. The fourth-order valence-corrected chi connectivity index (χ4v) is 3.02. The number of nitrogens with one attached hydrogen (secondary N) is 2. The zero-order valence-corrected chi connectivity index (χ0v) is 13.3. The first-order valence-electron chi connectivity index (χ1n) is 7.98. The van der Waals surface area contributed by atoms with Crippen LogP contribution in [0.3, 0.4) is 0 Å². The van der Waals surface area contributed by atoms with E-state index in [-0.39, 0.29) is 0 Å². The molecule has 3 heterocycles. The average Bonchev–Trinajstić information content (AvgIpc) is 3.26. The summed E-state index contributed by atoms with van der Waals surface area (Å²) in [5.74, 6) is 2.44. The second-order valence-corrected chi connectivity index (χ2v) is 5.81. The minimum Gasteiger partial charge on any atom is -0.453 e. The minimum absolute atomic E-state index is 0.776. The van der Waals surface area contributed by atoms with Gasteiger partial charge in [-0.15, -0.1) is 0 Å². The lowest BCUT2D eigenvalue weighted by atomic mass is 10.1. The van der Waals surface area contributed by atoms with Crippen LogP contribution in [0, 0.1) is 6.92 Å². The molecule has 0 atom stereocenters. The number of nitrogens with zero attached hydrogens (tertiary/aromatic N) is 1. The Hall–Kier alpha value is -2.75. The second-order valence-electron chi connectivity index (χ2n) is 5.81. The van der Waals surface area contributed by atoms with Gasteiger partial charge in [0.1, 0.15) is 5.76 Å². The summed E-state index contributed by atoms with van der Waals surface area (Å²) < 4.78 is 6.07. The van der Waals surface area contributed by atoms with Crippen molar-refractivity contribution in [1.29, 1.82) is 0 Å². The van der Waals surface area contributed by atoms with Gasteiger partial charge >= 0.3 is 0 Å². The Balaban J connectivity index is 1.74. The maximum Gasteiger partial charge on any atom is 0.174 e. The number of H-pyrrole nitrogens is 2. The second kappa shape index (κ2) is 5.47. The van der Waals surface area contributed by atoms with Crippen molar-refractivity contribution in [2.45, 2.75) is 26.7 Å². The summed E-state index contributed by atoms with van der Waals surface area (Å²) in [7, 11) is 0. The van der Waals surface area contributed by atoms with Gasteiger partial charge in [-0.05, 0) is 37.6 Å². The van der Waals surface area contributed by atoms with Gasteiger partial charge < -0.3 is 14.4 Å². The lowest BCUT2D eigenvalue weighted by Gasteiger charge is -1.99. The van der Waals surface area contributed by atoms with E-state index in [9.17, 15) is 0 Å². The third-order valence-corrected chi connectivity index (χ3v) is 4.19. The molecule has 2 N–H and O–H groups in total. The van der Waals surface area contributed by atoms with E-state index in [0.29, 0.717) is 0 Å². The molecule has 4 aromatic rings. The van der Waals surface area contributed by atoms with E-state index < -0.39 is 0 Å². The highest BCUT2D eigenvalue weighted by Crippen LogP contribution is 2.32. The molecule has 4 nitrogen and oxygen atoms in total. The zero-order chi connectivity index (χ0) is 15.8. The Labute approximate surface area is 134 Å². The molecule has 1 aromatic carbocycles. The van der Waals surface area contributed by atoms with Gasteiger partial charge in [0.25, 0.3) is 0 Å². The monoisotopic (exact) mass is 305 g/mol. The molecule has 3 aromatic heterocycles. The van der Waals surface area contributed by atoms with Crippen LogP contribution in [0.15, 0.2) is 47.0 Å². The molecule has 0 fully saturated rings. The standard InChI is InChI=1S/C19H19N3O/c1-3-5-15-12(2)21-19(22-15)18-9-8-17(23-18)14-6-4-7-16-13(14)10-11-20-16/h4,6-11,20H,3,5H2,1-2H3,(H,21,22). The lowest BCUT2D eigenvalue weighted by molar-refractivity contribution is 0.593. The third-order valence-electron chi connectivity index (χ3n) is 4.19. The molecule has 0 amide bonds. The van der Waals surface area contributed by atoms with Crippen LogP contribution < -0.4 is 0 Å². The first-order valence-corrected chi connectivity index (χ1v) is 7.98. The maximum absolute atomic E-state index is 6.07. The molecule has 0 saturated carbocycles. The lowest BCUT2D eigenvalue weighted by Crippen LogP contribution is -1.85. The van der Waals surface area contributed by atoms with Crippen molar-refractivity contribution >= 4 is 10.9 Å². The van der Waals surface area contributed by atoms with Crippen LogP contribution >= 0.6 is 0 Å². The largest absolute Gasteiger partial charge is 0.453 e. The summed E-state index contributed by atoms with van der Waals surface area (Å²) in [4.78, 5) is 11.2. The summed E-state index contributed by atoms with van der Waals surface area (Å²) >= 11 is 0. The van der Waals surface area contributed by atoms with E-state index in [1.54, 1.807) is 0 Å². The fourth-order valence-electron chi connectivity index (χ4n) is 3.02. The van der Waals surface area contributed by atoms with Crippen LogP contribution in [0.4, 0.5) is 0 Å². The maximum atomic E-state index is 6.07. The molecule has 0 bridgehead atoms. The number of imidazole rings is 1. The van der Waals surface area contributed by atoms with Crippen LogP contribution in [0.25, 0.3) is 33.8 Å². The predicted octanol–water partition coefficient (Wildman–Crippen LogP) is 5.08. The summed E-state index contributed by atoms with van der Waals surface area (Å²) in [5.41, 5.74) is 4.44. The van der Waals surface area contributed by atoms with E-state index in [1.807, 2.05) is 31.3 Å². The van der Waals surface area contributed by atoms with E-state index in [4.69, 9.17) is 4.42 Å². The van der Waals surface area contributed by atoms with Crippen LogP contribution in [0.5, 0.6) is 0 Å².